The van der Waals surface area contributed by atoms with E-state index in [1.54, 1.807) is 19.1 Å². The zero-order chi connectivity index (χ0) is 26.5. The number of hydrogen-bond acceptors (Lipinski definition) is 6. The molecule has 0 amide bonds. The standard InChI is InChI=1S/C26H28Cl2N2O5S/c1-4-35-22(31)11-6-5-7-16-30(3)36(33,34)21-15-14-20(27)23(24(21)28)26(32)19-10-8-9-18-13-12-17(2)29-25(18)19/h8-10,12-15H,4-7,11,16H2,1-3H3. The molecule has 0 bridgehead atoms. The summed E-state index contributed by atoms with van der Waals surface area (Å²) in [5.74, 6) is -0.771. The van der Waals surface area contributed by atoms with E-state index in [0.717, 1.165) is 11.1 Å². The van der Waals surface area contributed by atoms with E-state index in [2.05, 4.69) is 4.98 Å². The third-order valence-electron chi connectivity index (χ3n) is 5.73. The van der Waals surface area contributed by atoms with E-state index in [4.69, 9.17) is 27.9 Å². The minimum Gasteiger partial charge on any atom is -0.466 e. The zero-order valence-electron chi connectivity index (χ0n) is 20.4. The Morgan fingerprint density at radius 1 is 1.03 bits per heavy atom. The molecule has 0 saturated heterocycles. The maximum atomic E-state index is 13.6. The van der Waals surface area contributed by atoms with Crippen LogP contribution in [0.3, 0.4) is 0 Å². The molecule has 0 atom stereocenters. The molecule has 10 heteroatoms. The number of carbonyl (C=O) groups excluding carboxylic acids is 2. The SMILES string of the molecule is CCOC(=O)CCCCCN(C)S(=O)(=O)c1ccc(Cl)c(C(=O)c2cccc3ccc(C)nc23)c1Cl. The van der Waals surface area contributed by atoms with Crippen molar-refractivity contribution in [1.29, 1.82) is 0 Å². The van der Waals surface area contributed by atoms with Crippen LogP contribution in [0.5, 0.6) is 0 Å². The van der Waals surface area contributed by atoms with Gasteiger partial charge in [-0.15, -0.1) is 0 Å². The number of halogens is 2. The van der Waals surface area contributed by atoms with Crippen molar-refractivity contribution in [1.82, 2.24) is 9.29 Å². The number of para-hydroxylation sites is 1. The van der Waals surface area contributed by atoms with Crippen LogP contribution in [-0.4, -0.2) is 49.7 Å². The van der Waals surface area contributed by atoms with Gasteiger partial charge in [0.1, 0.15) is 4.90 Å². The van der Waals surface area contributed by atoms with E-state index in [1.807, 2.05) is 25.1 Å². The van der Waals surface area contributed by atoms with Gasteiger partial charge in [-0.25, -0.2) is 12.7 Å². The molecule has 2 aromatic carbocycles. The number of ether oxygens (including phenoxy) is 1. The predicted octanol–water partition coefficient (Wildman–Crippen LogP) is 5.83. The summed E-state index contributed by atoms with van der Waals surface area (Å²) in [6.45, 7) is 4.13. The smallest absolute Gasteiger partial charge is 0.305 e. The Morgan fingerprint density at radius 2 is 1.78 bits per heavy atom. The number of hydrogen-bond donors (Lipinski definition) is 0. The van der Waals surface area contributed by atoms with Gasteiger partial charge in [-0.1, -0.05) is 47.8 Å². The van der Waals surface area contributed by atoms with Crippen LogP contribution in [0, 0.1) is 6.92 Å². The highest BCUT2D eigenvalue weighted by atomic mass is 35.5. The molecule has 0 aliphatic heterocycles. The first-order valence-corrected chi connectivity index (χ1v) is 13.8. The van der Waals surface area contributed by atoms with Crippen molar-refractivity contribution in [3.8, 4) is 0 Å². The van der Waals surface area contributed by atoms with Crippen molar-refractivity contribution < 1.29 is 22.7 Å². The highest BCUT2D eigenvalue weighted by Gasteiger charge is 2.29. The third kappa shape index (κ3) is 6.24. The molecule has 0 aliphatic rings. The molecule has 0 radical (unpaired) electrons. The van der Waals surface area contributed by atoms with Crippen molar-refractivity contribution >= 4 is 55.9 Å². The second-order valence-electron chi connectivity index (χ2n) is 8.34. The summed E-state index contributed by atoms with van der Waals surface area (Å²) in [5.41, 5.74) is 1.42. The number of aryl methyl sites for hydroxylation is 1. The summed E-state index contributed by atoms with van der Waals surface area (Å²) in [7, 11) is -2.55. The lowest BCUT2D eigenvalue weighted by molar-refractivity contribution is -0.143. The van der Waals surface area contributed by atoms with Crippen LogP contribution in [0.25, 0.3) is 10.9 Å². The van der Waals surface area contributed by atoms with E-state index < -0.39 is 15.8 Å². The van der Waals surface area contributed by atoms with Crippen molar-refractivity contribution in [3.05, 3.63) is 69.3 Å². The van der Waals surface area contributed by atoms with Crippen molar-refractivity contribution in [2.24, 2.45) is 0 Å². The summed E-state index contributed by atoms with van der Waals surface area (Å²) in [4.78, 5) is 29.3. The molecule has 1 aromatic heterocycles. The molecule has 0 N–H and O–H groups in total. The van der Waals surface area contributed by atoms with Crippen LogP contribution in [0.4, 0.5) is 0 Å². The summed E-state index contributed by atoms with van der Waals surface area (Å²) >= 11 is 12.9. The summed E-state index contributed by atoms with van der Waals surface area (Å²) in [6, 6.07) is 11.6. The lowest BCUT2D eigenvalue weighted by atomic mass is 10.00. The topological polar surface area (TPSA) is 93.6 Å². The maximum Gasteiger partial charge on any atom is 0.305 e. The van der Waals surface area contributed by atoms with Gasteiger partial charge in [0.2, 0.25) is 10.0 Å². The Morgan fingerprint density at radius 3 is 2.50 bits per heavy atom. The summed E-state index contributed by atoms with van der Waals surface area (Å²) in [6.07, 6.45) is 2.10. The minimum absolute atomic E-state index is 0.0511. The molecular formula is C26H28Cl2N2O5S. The highest BCUT2D eigenvalue weighted by Crippen LogP contribution is 2.35. The van der Waals surface area contributed by atoms with Crippen molar-refractivity contribution in [2.75, 3.05) is 20.2 Å². The number of carbonyl (C=O) groups is 2. The number of aromatic nitrogens is 1. The van der Waals surface area contributed by atoms with Gasteiger partial charge >= 0.3 is 5.97 Å². The highest BCUT2D eigenvalue weighted by molar-refractivity contribution is 7.89. The molecule has 36 heavy (non-hydrogen) atoms. The average Bonchev–Trinajstić information content (AvgIpc) is 2.83. The van der Waals surface area contributed by atoms with Gasteiger partial charge in [0.15, 0.2) is 5.78 Å². The third-order valence-corrected chi connectivity index (χ3v) is 8.45. The Hall–Kier alpha value is -2.52. The summed E-state index contributed by atoms with van der Waals surface area (Å²) in [5, 5.41) is 0.590. The average molecular weight is 551 g/mol. The van der Waals surface area contributed by atoms with Gasteiger partial charge in [0.25, 0.3) is 0 Å². The minimum atomic E-state index is -4.00. The van der Waals surface area contributed by atoms with Crippen LogP contribution in [0.2, 0.25) is 10.0 Å². The first kappa shape index (κ1) is 28.1. The van der Waals surface area contributed by atoms with E-state index in [1.165, 1.54) is 23.5 Å². The lowest BCUT2D eigenvalue weighted by Crippen LogP contribution is -2.28. The molecule has 0 fully saturated rings. The zero-order valence-corrected chi connectivity index (χ0v) is 22.7. The number of ketones is 1. The molecule has 192 valence electrons. The molecular weight excluding hydrogens is 523 g/mol. The monoisotopic (exact) mass is 550 g/mol. The number of sulfonamides is 1. The number of pyridine rings is 1. The first-order chi connectivity index (χ1) is 17.1. The number of benzene rings is 2. The number of unbranched alkanes of at least 4 members (excludes halogenated alkanes) is 2. The molecule has 0 unspecified atom stereocenters. The van der Waals surface area contributed by atoms with Crippen LogP contribution in [-0.2, 0) is 19.6 Å². The summed E-state index contributed by atoms with van der Waals surface area (Å²) < 4.78 is 32.7. The second kappa shape index (κ2) is 12.1. The Kier molecular flexibility index (Phi) is 9.47. The fraction of sp³-hybridized carbons (Fsp3) is 0.346. The van der Waals surface area contributed by atoms with Crippen LogP contribution in [0.1, 0.15) is 54.2 Å². The Labute approximate surface area is 221 Å². The Balaban J connectivity index is 1.84. The molecule has 0 saturated carbocycles. The van der Waals surface area contributed by atoms with Gasteiger partial charge in [0.05, 0.1) is 27.7 Å². The number of nitrogens with zero attached hydrogens (tertiary/aromatic N) is 2. The molecule has 3 aromatic rings. The largest absolute Gasteiger partial charge is 0.466 e. The van der Waals surface area contributed by atoms with Gasteiger partial charge in [-0.05, 0) is 51.0 Å². The van der Waals surface area contributed by atoms with E-state index in [0.29, 0.717) is 37.8 Å². The van der Waals surface area contributed by atoms with Gasteiger partial charge in [-0.3, -0.25) is 14.6 Å². The van der Waals surface area contributed by atoms with Gasteiger partial charge in [-0.2, -0.15) is 0 Å². The van der Waals surface area contributed by atoms with Gasteiger partial charge in [0, 0.05) is 36.7 Å². The number of rotatable bonds is 11. The fourth-order valence-electron chi connectivity index (χ4n) is 3.81. The Bertz CT molecular complexity index is 1390. The van der Waals surface area contributed by atoms with Crippen molar-refractivity contribution in [2.45, 2.75) is 44.4 Å². The second-order valence-corrected chi connectivity index (χ2v) is 11.1. The van der Waals surface area contributed by atoms with E-state index >= 15 is 0 Å². The maximum absolute atomic E-state index is 13.6. The van der Waals surface area contributed by atoms with Crippen LogP contribution >= 0.6 is 23.2 Å². The first-order valence-electron chi connectivity index (χ1n) is 11.6. The lowest BCUT2D eigenvalue weighted by Gasteiger charge is -2.19. The van der Waals surface area contributed by atoms with Gasteiger partial charge < -0.3 is 4.74 Å². The van der Waals surface area contributed by atoms with Crippen molar-refractivity contribution in [3.63, 3.8) is 0 Å². The van der Waals surface area contributed by atoms with Crippen LogP contribution in [0.15, 0.2) is 47.4 Å². The van der Waals surface area contributed by atoms with Crippen LogP contribution < -0.4 is 0 Å². The fourth-order valence-corrected chi connectivity index (χ4v) is 5.91. The molecule has 7 nitrogen and oxygen atoms in total. The molecule has 3 rings (SSSR count). The van der Waals surface area contributed by atoms with E-state index in [-0.39, 0.29) is 38.6 Å². The molecule has 1 heterocycles. The number of fused-ring (bicyclic) bond motifs is 1. The number of esters is 1. The predicted molar refractivity (Wildman–Crippen MR) is 141 cm³/mol. The van der Waals surface area contributed by atoms with E-state index in [9.17, 15) is 18.0 Å². The quantitative estimate of drug-likeness (QED) is 0.169. The molecule has 0 aliphatic carbocycles. The normalized spacial score (nSPS) is 11.7. The molecule has 0 spiro atoms.